The Hall–Kier alpha value is -1.78. The molecule has 1 aromatic carbocycles. The molecule has 4 nitrogen and oxygen atoms in total. The van der Waals surface area contributed by atoms with Crippen LogP contribution in [0.15, 0.2) is 42.7 Å². The smallest absolute Gasteiger partial charge is 0.319 e. The van der Waals surface area contributed by atoms with Gasteiger partial charge in [-0.2, -0.15) is 0 Å². The Morgan fingerprint density at radius 3 is 2.85 bits per heavy atom. The van der Waals surface area contributed by atoms with Crippen molar-refractivity contribution >= 4 is 35.7 Å². The number of aromatic nitrogens is 1. The fourth-order valence-corrected chi connectivity index (χ4v) is 2.36. The van der Waals surface area contributed by atoms with Gasteiger partial charge < -0.3 is 10.6 Å². The molecule has 2 heterocycles. The van der Waals surface area contributed by atoms with Gasteiger partial charge >= 0.3 is 6.03 Å². The summed E-state index contributed by atoms with van der Waals surface area (Å²) in [5.74, 6) is 0. The molecule has 20 heavy (non-hydrogen) atoms. The fraction of sp³-hybridized carbons (Fsp3) is 0.143. The quantitative estimate of drug-likeness (QED) is 0.835. The van der Waals surface area contributed by atoms with Crippen LogP contribution >= 0.6 is 24.0 Å². The first-order chi connectivity index (χ1) is 9.24. The Morgan fingerprint density at radius 1 is 1.25 bits per heavy atom. The lowest BCUT2D eigenvalue weighted by atomic mass is 10.0. The van der Waals surface area contributed by atoms with E-state index in [1.807, 2.05) is 30.3 Å². The second-order valence-corrected chi connectivity index (χ2v) is 4.81. The second-order valence-electron chi connectivity index (χ2n) is 4.37. The number of carbonyl (C=O) groups excluding carboxylic acids is 1. The van der Waals surface area contributed by atoms with Gasteiger partial charge in [0.1, 0.15) is 0 Å². The van der Waals surface area contributed by atoms with Gasteiger partial charge in [-0.1, -0.05) is 18.2 Å². The third kappa shape index (κ3) is 2.86. The number of amides is 2. The molecule has 0 spiro atoms. The summed E-state index contributed by atoms with van der Waals surface area (Å²) in [7, 11) is 0. The predicted octanol–water partition coefficient (Wildman–Crippen LogP) is 3.47. The highest BCUT2D eigenvalue weighted by Crippen LogP contribution is 2.31. The van der Waals surface area contributed by atoms with E-state index in [-0.39, 0.29) is 23.8 Å². The van der Waals surface area contributed by atoms with Crippen LogP contribution in [0.5, 0.6) is 0 Å². The van der Waals surface area contributed by atoms with E-state index in [2.05, 4.69) is 15.6 Å². The lowest BCUT2D eigenvalue weighted by molar-refractivity contribution is 0.251. The first-order valence-electron chi connectivity index (χ1n) is 5.96. The third-order valence-corrected chi connectivity index (χ3v) is 3.59. The fourth-order valence-electron chi connectivity index (χ4n) is 2.10. The maximum absolute atomic E-state index is 11.2. The highest BCUT2D eigenvalue weighted by molar-refractivity contribution is 6.22. The molecule has 0 radical (unpaired) electrons. The molecule has 2 N–H and O–H groups in total. The molecule has 0 saturated carbocycles. The molecule has 0 saturated heterocycles. The van der Waals surface area contributed by atoms with Crippen LogP contribution in [0, 0.1) is 0 Å². The van der Waals surface area contributed by atoms with Crippen molar-refractivity contribution in [3.63, 3.8) is 0 Å². The SMILES string of the molecule is Cl.O=C1NCc2cc(C(Cl)c3cccnc3)ccc2N1. The van der Waals surface area contributed by atoms with Crippen molar-refractivity contribution in [1.29, 1.82) is 0 Å². The number of hydrogen-bond acceptors (Lipinski definition) is 2. The van der Waals surface area contributed by atoms with E-state index in [0.29, 0.717) is 6.54 Å². The van der Waals surface area contributed by atoms with Crippen LogP contribution in [0.1, 0.15) is 22.1 Å². The zero-order valence-corrected chi connectivity index (χ0v) is 12.0. The standard InChI is InChI=1S/C14H12ClN3O.ClH/c15-13(10-2-1-5-16-7-10)9-3-4-12-11(6-9)8-17-14(19)18-12;/h1-7,13H,8H2,(H2,17,18,19);1H. The monoisotopic (exact) mass is 309 g/mol. The molecule has 0 aliphatic carbocycles. The topological polar surface area (TPSA) is 54.0 Å². The van der Waals surface area contributed by atoms with Crippen molar-refractivity contribution in [1.82, 2.24) is 10.3 Å². The van der Waals surface area contributed by atoms with Gasteiger partial charge in [0.15, 0.2) is 0 Å². The number of alkyl halides is 1. The minimum Gasteiger partial charge on any atom is -0.334 e. The molecule has 104 valence electrons. The van der Waals surface area contributed by atoms with Gasteiger partial charge in [-0.05, 0) is 28.8 Å². The molecule has 1 atom stereocenters. The molecule has 2 amide bonds. The average Bonchev–Trinajstić information content (AvgIpc) is 2.47. The Morgan fingerprint density at radius 2 is 2.10 bits per heavy atom. The van der Waals surface area contributed by atoms with Crippen LogP contribution in [0.2, 0.25) is 0 Å². The van der Waals surface area contributed by atoms with E-state index in [4.69, 9.17) is 11.6 Å². The number of carbonyl (C=O) groups is 1. The van der Waals surface area contributed by atoms with Crippen molar-refractivity contribution in [3.8, 4) is 0 Å². The Kier molecular flexibility index (Phi) is 4.47. The van der Waals surface area contributed by atoms with Crippen LogP contribution in [0.3, 0.4) is 0 Å². The van der Waals surface area contributed by atoms with Crippen molar-refractivity contribution in [3.05, 3.63) is 59.4 Å². The number of benzene rings is 1. The van der Waals surface area contributed by atoms with Gasteiger partial charge in [-0.15, -0.1) is 24.0 Å². The summed E-state index contributed by atoms with van der Waals surface area (Å²) in [5, 5.41) is 5.26. The maximum Gasteiger partial charge on any atom is 0.319 e. The number of pyridine rings is 1. The minimum absolute atomic E-state index is 0. The number of halogens is 2. The molecular weight excluding hydrogens is 297 g/mol. The molecule has 3 rings (SSSR count). The van der Waals surface area contributed by atoms with E-state index in [1.165, 1.54) is 0 Å². The van der Waals surface area contributed by atoms with Gasteiger partial charge in [0.25, 0.3) is 0 Å². The van der Waals surface area contributed by atoms with Crippen molar-refractivity contribution < 1.29 is 4.79 Å². The minimum atomic E-state index is -0.239. The van der Waals surface area contributed by atoms with Gasteiger partial charge in [0.05, 0.1) is 5.38 Å². The van der Waals surface area contributed by atoms with Gasteiger partial charge in [-0.3, -0.25) is 4.98 Å². The maximum atomic E-state index is 11.2. The lowest BCUT2D eigenvalue weighted by Crippen LogP contribution is -2.33. The highest BCUT2D eigenvalue weighted by atomic mass is 35.5. The normalized spacial score (nSPS) is 14.3. The van der Waals surface area contributed by atoms with E-state index >= 15 is 0 Å². The summed E-state index contributed by atoms with van der Waals surface area (Å²) < 4.78 is 0. The molecule has 6 heteroatoms. The average molecular weight is 310 g/mol. The molecule has 1 aliphatic rings. The number of hydrogen-bond donors (Lipinski definition) is 2. The lowest BCUT2D eigenvalue weighted by Gasteiger charge is -2.20. The summed E-state index contributed by atoms with van der Waals surface area (Å²) in [6, 6.07) is 9.46. The Labute approximate surface area is 128 Å². The largest absolute Gasteiger partial charge is 0.334 e. The van der Waals surface area contributed by atoms with Crippen molar-refractivity contribution in [2.24, 2.45) is 0 Å². The summed E-state index contributed by atoms with van der Waals surface area (Å²) in [5.41, 5.74) is 3.82. The highest BCUT2D eigenvalue weighted by Gasteiger charge is 2.17. The van der Waals surface area contributed by atoms with Gasteiger partial charge in [0, 0.05) is 24.6 Å². The number of fused-ring (bicyclic) bond motifs is 1. The Balaban J connectivity index is 0.00000147. The zero-order chi connectivity index (χ0) is 13.2. The first kappa shape index (κ1) is 14.6. The number of nitrogens with zero attached hydrogens (tertiary/aromatic N) is 1. The summed E-state index contributed by atoms with van der Waals surface area (Å²) in [4.78, 5) is 15.3. The van der Waals surface area contributed by atoms with Crippen LogP contribution < -0.4 is 10.6 Å². The molecule has 2 aromatic rings. The first-order valence-corrected chi connectivity index (χ1v) is 6.39. The molecule has 0 fully saturated rings. The summed E-state index contributed by atoms with van der Waals surface area (Å²) in [6.45, 7) is 0.519. The van der Waals surface area contributed by atoms with E-state index in [0.717, 1.165) is 22.4 Å². The summed E-state index contributed by atoms with van der Waals surface area (Å²) in [6.07, 6.45) is 3.48. The van der Waals surface area contributed by atoms with Crippen LogP contribution in [0.4, 0.5) is 10.5 Å². The molecule has 1 unspecified atom stereocenters. The van der Waals surface area contributed by atoms with E-state index in [9.17, 15) is 4.79 Å². The molecule has 1 aromatic heterocycles. The number of anilines is 1. The van der Waals surface area contributed by atoms with Crippen molar-refractivity contribution in [2.75, 3.05) is 5.32 Å². The number of urea groups is 1. The van der Waals surface area contributed by atoms with Gasteiger partial charge in [-0.25, -0.2) is 4.79 Å². The Bertz CT molecular complexity index is 619. The molecule has 0 bridgehead atoms. The van der Waals surface area contributed by atoms with Crippen LogP contribution in [-0.4, -0.2) is 11.0 Å². The van der Waals surface area contributed by atoms with Crippen LogP contribution in [0.25, 0.3) is 0 Å². The molecule has 1 aliphatic heterocycles. The van der Waals surface area contributed by atoms with E-state index in [1.54, 1.807) is 12.4 Å². The second kappa shape index (κ2) is 6.11. The van der Waals surface area contributed by atoms with Crippen molar-refractivity contribution in [2.45, 2.75) is 11.9 Å². The number of nitrogens with one attached hydrogen (secondary N) is 2. The third-order valence-electron chi connectivity index (χ3n) is 3.09. The van der Waals surface area contributed by atoms with E-state index < -0.39 is 0 Å². The number of rotatable bonds is 2. The zero-order valence-electron chi connectivity index (χ0n) is 10.5. The molecular formula is C14H13Cl2N3O. The summed E-state index contributed by atoms with van der Waals surface area (Å²) >= 11 is 6.46. The van der Waals surface area contributed by atoms with Gasteiger partial charge in [0.2, 0.25) is 0 Å². The van der Waals surface area contributed by atoms with Crippen LogP contribution in [-0.2, 0) is 6.54 Å². The predicted molar refractivity (Wildman–Crippen MR) is 81.5 cm³/mol.